The van der Waals surface area contributed by atoms with E-state index in [0.717, 1.165) is 68.2 Å². The van der Waals surface area contributed by atoms with E-state index in [1.165, 1.54) is 6.07 Å². The lowest BCUT2D eigenvalue weighted by Gasteiger charge is -2.32. The summed E-state index contributed by atoms with van der Waals surface area (Å²) in [5.41, 5.74) is 9.02. The fraction of sp³-hybridized carbons (Fsp3) is 0.348. The smallest absolute Gasteiger partial charge is 0.270 e. The molecule has 0 amide bonds. The molecule has 2 heterocycles. The highest BCUT2D eigenvalue weighted by Crippen LogP contribution is 2.28. The first-order valence-electron chi connectivity index (χ1n) is 10.9. The minimum atomic E-state index is -1.12. The van der Waals surface area contributed by atoms with Crippen LogP contribution in [0.4, 0.5) is 5.69 Å². The summed E-state index contributed by atoms with van der Waals surface area (Å²) in [5.74, 6) is -0.296. The molecule has 0 aliphatic carbocycles. The van der Waals surface area contributed by atoms with Gasteiger partial charge in [0.15, 0.2) is 0 Å². The molecule has 0 spiro atoms. The Bertz CT molecular complexity index is 1020. The van der Waals surface area contributed by atoms with Crippen LogP contribution in [-0.2, 0) is 5.79 Å². The standard InChI is InChI=1S/C23H29N7O2/c24-23(20-6-1-4-18(16-20)19-5-2-7-21(17-19)30(31)32)27-10-8-22(28-23)26-9-3-13-29-14-11-25-12-15-29/h1-2,4-8,10,16-17,25-26,28H,3,9,11-15,24H2. The molecule has 1 saturated heterocycles. The molecule has 0 aromatic heterocycles. The average Bonchev–Trinajstić information content (AvgIpc) is 2.83. The van der Waals surface area contributed by atoms with Crippen molar-refractivity contribution >= 4 is 11.9 Å². The second kappa shape index (κ2) is 9.90. The maximum absolute atomic E-state index is 11.1. The topological polar surface area (TPSA) is 121 Å². The Kier molecular flexibility index (Phi) is 6.79. The van der Waals surface area contributed by atoms with Gasteiger partial charge in [0.1, 0.15) is 5.82 Å². The van der Waals surface area contributed by atoms with Crippen molar-refractivity contribution < 1.29 is 4.92 Å². The minimum Gasteiger partial charge on any atom is -0.372 e. The number of piperazine rings is 1. The monoisotopic (exact) mass is 435 g/mol. The molecule has 32 heavy (non-hydrogen) atoms. The summed E-state index contributed by atoms with van der Waals surface area (Å²) < 4.78 is 0. The predicted molar refractivity (Wildman–Crippen MR) is 126 cm³/mol. The Balaban J connectivity index is 1.39. The zero-order valence-corrected chi connectivity index (χ0v) is 18.0. The Hall–Kier alpha value is -3.27. The second-order valence-electron chi connectivity index (χ2n) is 8.01. The third kappa shape index (κ3) is 5.31. The Labute approximate surface area is 187 Å². The van der Waals surface area contributed by atoms with Gasteiger partial charge in [0.2, 0.25) is 5.79 Å². The summed E-state index contributed by atoms with van der Waals surface area (Å²) >= 11 is 0. The highest BCUT2D eigenvalue weighted by atomic mass is 16.6. The van der Waals surface area contributed by atoms with Gasteiger partial charge in [0.25, 0.3) is 5.69 Å². The van der Waals surface area contributed by atoms with E-state index in [1.807, 2.05) is 36.4 Å². The first kappa shape index (κ1) is 21.9. The van der Waals surface area contributed by atoms with Crippen LogP contribution in [0.2, 0.25) is 0 Å². The normalized spacial score (nSPS) is 21.0. The van der Waals surface area contributed by atoms with Crippen LogP contribution in [0, 0.1) is 10.1 Å². The van der Waals surface area contributed by atoms with E-state index in [1.54, 1.807) is 18.3 Å². The first-order chi connectivity index (χ1) is 15.5. The van der Waals surface area contributed by atoms with Gasteiger partial charge in [-0.15, -0.1) is 0 Å². The highest BCUT2D eigenvalue weighted by molar-refractivity contribution is 5.74. The zero-order valence-electron chi connectivity index (χ0n) is 18.0. The van der Waals surface area contributed by atoms with Crippen LogP contribution in [0.1, 0.15) is 12.0 Å². The van der Waals surface area contributed by atoms with Gasteiger partial charge < -0.3 is 20.9 Å². The number of benzene rings is 2. The van der Waals surface area contributed by atoms with Gasteiger partial charge in [0.05, 0.1) is 4.92 Å². The number of nitrogens with one attached hydrogen (secondary N) is 3. The van der Waals surface area contributed by atoms with Crippen LogP contribution < -0.4 is 21.7 Å². The number of nitrogens with two attached hydrogens (primary N) is 1. The molecule has 0 bridgehead atoms. The van der Waals surface area contributed by atoms with Crippen molar-refractivity contribution in [3.05, 3.63) is 76.1 Å². The third-order valence-corrected chi connectivity index (χ3v) is 5.71. The van der Waals surface area contributed by atoms with Crippen LogP contribution in [0.25, 0.3) is 11.1 Å². The third-order valence-electron chi connectivity index (χ3n) is 5.71. The minimum absolute atomic E-state index is 0.0550. The van der Waals surface area contributed by atoms with Gasteiger partial charge in [-0.05, 0) is 36.2 Å². The number of hydrogen-bond donors (Lipinski definition) is 4. The van der Waals surface area contributed by atoms with E-state index in [-0.39, 0.29) is 5.69 Å². The number of allylic oxidation sites excluding steroid dienone is 1. The number of non-ortho nitro benzene ring substituents is 1. The molecule has 1 unspecified atom stereocenters. The van der Waals surface area contributed by atoms with Gasteiger partial charge >= 0.3 is 0 Å². The molecule has 0 saturated carbocycles. The van der Waals surface area contributed by atoms with Gasteiger partial charge in [0, 0.05) is 56.6 Å². The molecular weight excluding hydrogens is 406 g/mol. The summed E-state index contributed by atoms with van der Waals surface area (Å²) in [7, 11) is 0. The Morgan fingerprint density at radius 1 is 1.16 bits per heavy atom. The number of hydrogen-bond acceptors (Lipinski definition) is 8. The molecule has 1 atom stereocenters. The lowest BCUT2D eigenvalue weighted by molar-refractivity contribution is -0.384. The quantitative estimate of drug-likeness (QED) is 0.283. The summed E-state index contributed by atoms with van der Waals surface area (Å²) in [6.07, 6.45) is 4.62. The summed E-state index contributed by atoms with van der Waals surface area (Å²) in [5, 5.41) is 21.2. The largest absolute Gasteiger partial charge is 0.372 e. The molecule has 0 radical (unpaired) electrons. The number of rotatable bonds is 8. The number of nitrogens with zero attached hydrogens (tertiary/aromatic N) is 3. The fourth-order valence-electron chi connectivity index (χ4n) is 3.95. The summed E-state index contributed by atoms with van der Waals surface area (Å²) in [6, 6.07) is 14.2. The predicted octanol–water partition coefficient (Wildman–Crippen LogP) is 1.73. The lowest BCUT2D eigenvalue weighted by atomic mass is 9.99. The molecule has 1 fully saturated rings. The van der Waals surface area contributed by atoms with Crippen molar-refractivity contribution in [2.24, 2.45) is 10.7 Å². The molecule has 4 rings (SSSR count). The second-order valence-corrected chi connectivity index (χ2v) is 8.01. The molecule has 168 valence electrons. The van der Waals surface area contributed by atoms with E-state index < -0.39 is 10.7 Å². The van der Waals surface area contributed by atoms with Crippen molar-refractivity contribution in [2.75, 3.05) is 39.3 Å². The van der Waals surface area contributed by atoms with E-state index in [4.69, 9.17) is 5.73 Å². The van der Waals surface area contributed by atoms with Gasteiger partial charge in [-0.3, -0.25) is 15.8 Å². The maximum Gasteiger partial charge on any atom is 0.270 e. The molecule has 2 aromatic rings. The Morgan fingerprint density at radius 3 is 2.69 bits per heavy atom. The van der Waals surface area contributed by atoms with E-state index in [0.29, 0.717) is 0 Å². The first-order valence-corrected chi connectivity index (χ1v) is 10.9. The van der Waals surface area contributed by atoms with Crippen LogP contribution in [-0.4, -0.2) is 55.3 Å². The van der Waals surface area contributed by atoms with Crippen molar-refractivity contribution in [2.45, 2.75) is 12.2 Å². The molecular formula is C23H29N7O2. The fourth-order valence-corrected chi connectivity index (χ4v) is 3.95. The van der Waals surface area contributed by atoms with Crippen LogP contribution in [0.3, 0.4) is 0 Å². The van der Waals surface area contributed by atoms with Crippen molar-refractivity contribution in [3.63, 3.8) is 0 Å². The van der Waals surface area contributed by atoms with Crippen LogP contribution >= 0.6 is 0 Å². The van der Waals surface area contributed by atoms with E-state index in [2.05, 4.69) is 25.8 Å². The average molecular weight is 436 g/mol. The molecule has 9 heteroatoms. The van der Waals surface area contributed by atoms with Crippen molar-refractivity contribution in [1.82, 2.24) is 20.9 Å². The molecule has 2 aliphatic heterocycles. The van der Waals surface area contributed by atoms with Gasteiger partial charge in [-0.1, -0.05) is 30.3 Å². The molecule has 5 N–H and O–H groups in total. The van der Waals surface area contributed by atoms with Crippen LogP contribution in [0.5, 0.6) is 0 Å². The van der Waals surface area contributed by atoms with Gasteiger partial charge in [-0.2, -0.15) is 0 Å². The summed E-state index contributed by atoms with van der Waals surface area (Å²) in [4.78, 5) is 17.7. The van der Waals surface area contributed by atoms with Crippen LogP contribution in [0.15, 0.2) is 65.4 Å². The van der Waals surface area contributed by atoms with E-state index in [9.17, 15) is 10.1 Å². The zero-order chi connectivity index (χ0) is 22.4. The Morgan fingerprint density at radius 2 is 1.91 bits per heavy atom. The highest BCUT2D eigenvalue weighted by Gasteiger charge is 2.29. The van der Waals surface area contributed by atoms with E-state index >= 15 is 0 Å². The maximum atomic E-state index is 11.1. The molecule has 2 aliphatic rings. The molecule has 2 aromatic carbocycles. The molecule has 9 nitrogen and oxygen atoms in total. The lowest BCUT2D eigenvalue weighted by Crippen LogP contribution is -2.52. The summed E-state index contributed by atoms with van der Waals surface area (Å²) in [6.45, 7) is 6.21. The van der Waals surface area contributed by atoms with Gasteiger partial charge in [-0.25, -0.2) is 4.99 Å². The van der Waals surface area contributed by atoms with Crippen molar-refractivity contribution in [1.29, 1.82) is 0 Å². The van der Waals surface area contributed by atoms with Crippen molar-refractivity contribution in [3.8, 4) is 11.1 Å². The number of nitro groups is 1. The number of nitro benzene ring substituents is 1. The SMILES string of the molecule is NC1(c2cccc(-c3cccc([N+](=O)[O-])c3)c2)N=CC=C(NCCCN2CCNCC2)N1. The number of aliphatic imine (C=N–C) groups is 1.